The van der Waals surface area contributed by atoms with E-state index in [1.54, 1.807) is 6.92 Å². The number of carbonyl (C=O) groups excluding carboxylic acids is 1. The minimum atomic E-state index is 0.0118. The van der Waals surface area contributed by atoms with Gasteiger partial charge < -0.3 is 14.6 Å². The zero-order valence-corrected chi connectivity index (χ0v) is 16.7. The number of carbonyl (C=O) groups is 1. The summed E-state index contributed by atoms with van der Waals surface area (Å²) in [6.07, 6.45) is 4.61. The number of hydrogen-bond donors (Lipinski definition) is 1. The van der Waals surface area contributed by atoms with Crippen molar-refractivity contribution in [3.05, 3.63) is 60.7 Å². The third-order valence-electron chi connectivity index (χ3n) is 4.44. The average Bonchev–Trinajstić information content (AvgIpc) is 2.72. The summed E-state index contributed by atoms with van der Waals surface area (Å²) in [5.74, 6) is 1.79. The molecule has 0 aliphatic carbocycles. The largest absolute Gasteiger partial charge is 0.494 e. The van der Waals surface area contributed by atoms with Crippen LogP contribution in [-0.2, 0) is 4.79 Å². The molecule has 150 valence electrons. The molecule has 4 nitrogen and oxygen atoms in total. The molecule has 0 unspecified atom stereocenters. The fraction of sp³-hybridized carbons (Fsp3) is 0.375. The number of allylic oxidation sites excluding steroid dienone is 1. The Kier molecular flexibility index (Phi) is 9.29. The van der Waals surface area contributed by atoms with Crippen molar-refractivity contribution in [2.24, 2.45) is 0 Å². The molecule has 0 amide bonds. The van der Waals surface area contributed by atoms with E-state index in [1.807, 2.05) is 48.5 Å². The summed E-state index contributed by atoms with van der Waals surface area (Å²) in [6.45, 7) is 6.44. The molecule has 2 aromatic carbocycles. The zero-order valence-electron chi connectivity index (χ0n) is 16.7. The van der Waals surface area contributed by atoms with Crippen LogP contribution >= 0.6 is 0 Å². The Hall–Kier alpha value is -2.59. The lowest BCUT2D eigenvalue weighted by molar-refractivity contribution is -0.115. The average molecular weight is 383 g/mol. The molecule has 0 aliphatic heterocycles. The minimum absolute atomic E-state index is 0.0118. The van der Waals surface area contributed by atoms with Gasteiger partial charge in [-0.05, 0) is 60.7 Å². The molecule has 0 saturated heterocycles. The standard InChI is InChI=1S/C24H30O4/c1-19(2)24(26)7-5-3-4-6-17-27-22-12-8-20(9-13-22)21-10-14-23(15-11-21)28-18-16-25/h8-15,25H,1,3-7,16-18H2,2H3. The Morgan fingerprint density at radius 1 is 0.821 bits per heavy atom. The molecular formula is C24H30O4. The first-order chi connectivity index (χ1) is 13.6. The third-order valence-corrected chi connectivity index (χ3v) is 4.44. The van der Waals surface area contributed by atoms with Crippen LogP contribution in [0.25, 0.3) is 11.1 Å². The highest BCUT2D eigenvalue weighted by atomic mass is 16.5. The maximum Gasteiger partial charge on any atom is 0.157 e. The van der Waals surface area contributed by atoms with Crippen molar-refractivity contribution in [1.29, 1.82) is 0 Å². The summed E-state index contributed by atoms with van der Waals surface area (Å²) in [5, 5.41) is 8.79. The second-order valence-electron chi connectivity index (χ2n) is 6.84. The summed E-state index contributed by atoms with van der Waals surface area (Å²) in [6, 6.07) is 15.9. The highest BCUT2D eigenvalue weighted by Gasteiger charge is 2.02. The second kappa shape index (κ2) is 12.0. The maximum absolute atomic E-state index is 11.5. The fourth-order valence-electron chi connectivity index (χ4n) is 2.80. The topological polar surface area (TPSA) is 55.8 Å². The first-order valence-electron chi connectivity index (χ1n) is 9.86. The van der Waals surface area contributed by atoms with Crippen LogP contribution in [0, 0.1) is 0 Å². The van der Waals surface area contributed by atoms with E-state index in [9.17, 15) is 4.79 Å². The second-order valence-corrected chi connectivity index (χ2v) is 6.84. The van der Waals surface area contributed by atoms with Gasteiger partial charge in [0, 0.05) is 6.42 Å². The summed E-state index contributed by atoms with van der Waals surface area (Å²) in [4.78, 5) is 11.5. The SMILES string of the molecule is C=C(C)C(=O)CCCCCCOc1ccc(-c2ccc(OCCO)cc2)cc1. The monoisotopic (exact) mass is 382 g/mol. The molecule has 0 atom stereocenters. The normalized spacial score (nSPS) is 10.5. The van der Waals surface area contributed by atoms with Crippen molar-refractivity contribution in [3.8, 4) is 22.6 Å². The van der Waals surface area contributed by atoms with Crippen LogP contribution in [0.4, 0.5) is 0 Å². The molecule has 28 heavy (non-hydrogen) atoms. The predicted octanol–water partition coefficient (Wildman–Crippen LogP) is 5.20. The van der Waals surface area contributed by atoms with E-state index < -0.39 is 0 Å². The Labute approximate surface area is 167 Å². The summed E-state index contributed by atoms with van der Waals surface area (Å²) in [7, 11) is 0. The van der Waals surface area contributed by atoms with Crippen LogP contribution in [0.15, 0.2) is 60.7 Å². The van der Waals surface area contributed by atoms with Gasteiger partial charge in [0.05, 0.1) is 13.2 Å². The number of ether oxygens (including phenoxy) is 2. The van der Waals surface area contributed by atoms with Crippen molar-refractivity contribution >= 4 is 5.78 Å². The van der Waals surface area contributed by atoms with Crippen LogP contribution in [0.2, 0.25) is 0 Å². The van der Waals surface area contributed by atoms with E-state index in [0.717, 1.165) is 48.3 Å². The molecule has 4 heteroatoms. The van der Waals surface area contributed by atoms with Gasteiger partial charge >= 0.3 is 0 Å². The molecule has 0 spiro atoms. The van der Waals surface area contributed by atoms with Gasteiger partial charge in [0.2, 0.25) is 0 Å². The molecule has 0 aromatic heterocycles. The number of benzene rings is 2. The summed E-state index contributed by atoms with van der Waals surface area (Å²) in [5.41, 5.74) is 2.87. The van der Waals surface area contributed by atoms with Crippen LogP contribution in [0.5, 0.6) is 11.5 Å². The van der Waals surface area contributed by atoms with Crippen molar-refractivity contribution in [3.63, 3.8) is 0 Å². The molecule has 2 rings (SSSR count). The molecule has 0 bridgehead atoms. The molecule has 2 aromatic rings. The third kappa shape index (κ3) is 7.57. The fourth-order valence-corrected chi connectivity index (χ4v) is 2.80. The highest BCUT2D eigenvalue weighted by Crippen LogP contribution is 2.24. The lowest BCUT2D eigenvalue weighted by Gasteiger charge is -2.08. The van der Waals surface area contributed by atoms with Gasteiger partial charge in [0.1, 0.15) is 18.1 Å². The molecule has 0 saturated carbocycles. The zero-order chi connectivity index (χ0) is 20.2. The van der Waals surface area contributed by atoms with Gasteiger partial charge in [-0.1, -0.05) is 43.7 Å². The van der Waals surface area contributed by atoms with Gasteiger partial charge in [-0.25, -0.2) is 0 Å². The van der Waals surface area contributed by atoms with Gasteiger partial charge in [-0.3, -0.25) is 4.79 Å². The van der Waals surface area contributed by atoms with Crippen molar-refractivity contribution in [2.45, 2.75) is 39.0 Å². The smallest absolute Gasteiger partial charge is 0.157 e. The highest BCUT2D eigenvalue weighted by molar-refractivity contribution is 5.93. The Morgan fingerprint density at radius 3 is 1.82 bits per heavy atom. The van der Waals surface area contributed by atoms with Crippen LogP contribution in [0.3, 0.4) is 0 Å². The number of aliphatic hydroxyl groups excluding tert-OH is 1. The number of hydrogen-bond acceptors (Lipinski definition) is 4. The van der Waals surface area contributed by atoms with Crippen molar-refractivity contribution < 1.29 is 19.4 Å². The van der Waals surface area contributed by atoms with E-state index in [-0.39, 0.29) is 12.4 Å². The summed E-state index contributed by atoms with van der Waals surface area (Å²) >= 11 is 0. The number of ketones is 1. The number of rotatable bonds is 13. The van der Waals surface area contributed by atoms with Crippen LogP contribution in [-0.4, -0.2) is 30.7 Å². The van der Waals surface area contributed by atoms with Gasteiger partial charge in [0.15, 0.2) is 5.78 Å². The van der Waals surface area contributed by atoms with E-state index in [1.165, 1.54) is 0 Å². The lowest BCUT2D eigenvalue weighted by atomic mass is 10.1. The molecule has 0 heterocycles. The molecule has 0 radical (unpaired) electrons. The molecule has 1 N–H and O–H groups in total. The van der Waals surface area contributed by atoms with Crippen LogP contribution < -0.4 is 9.47 Å². The summed E-state index contributed by atoms with van der Waals surface area (Å²) < 4.78 is 11.2. The minimum Gasteiger partial charge on any atom is -0.494 e. The first kappa shape index (κ1) is 21.7. The van der Waals surface area contributed by atoms with Crippen LogP contribution in [0.1, 0.15) is 39.0 Å². The van der Waals surface area contributed by atoms with Crippen molar-refractivity contribution in [1.82, 2.24) is 0 Å². The molecule has 0 fully saturated rings. The molecular weight excluding hydrogens is 352 g/mol. The van der Waals surface area contributed by atoms with Gasteiger partial charge in [0.25, 0.3) is 0 Å². The predicted molar refractivity (Wildman–Crippen MR) is 113 cm³/mol. The Balaban J connectivity index is 1.68. The van der Waals surface area contributed by atoms with E-state index in [0.29, 0.717) is 25.2 Å². The Bertz CT molecular complexity index is 732. The van der Waals surface area contributed by atoms with E-state index >= 15 is 0 Å². The first-order valence-corrected chi connectivity index (χ1v) is 9.86. The Morgan fingerprint density at radius 2 is 1.32 bits per heavy atom. The van der Waals surface area contributed by atoms with Crippen molar-refractivity contribution in [2.75, 3.05) is 19.8 Å². The number of Topliss-reactive ketones (excluding diaryl/α,β-unsaturated/α-hetero) is 1. The van der Waals surface area contributed by atoms with E-state index in [4.69, 9.17) is 14.6 Å². The van der Waals surface area contributed by atoms with E-state index in [2.05, 4.69) is 6.58 Å². The lowest BCUT2D eigenvalue weighted by Crippen LogP contribution is -2.01. The van der Waals surface area contributed by atoms with Gasteiger partial charge in [-0.15, -0.1) is 0 Å². The number of aliphatic hydroxyl groups is 1. The number of unbranched alkanes of at least 4 members (excludes halogenated alkanes) is 3. The maximum atomic E-state index is 11.5. The van der Waals surface area contributed by atoms with Gasteiger partial charge in [-0.2, -0.15) is 0 Å². The molecule has 0 aliphatic rings. The quantitative estimate of drug-likeness (QED) is 0.382.